The second-order valence-corrected chi connectivity index (χ2v) is 6.57. The van der Waals surface area contributed by atoms with Gasteiger partial charge in [-0.05, 0) is 30.3 Å². The molecule has 0 spiro atoms. The van der Waals surface area contributed by atoms with Crippen molar-refractivity contribution >= 4 is 45.1 Å². The van der Waals surface area contributed by atoms with Crippen LogP contribution in [0.4, 0.5) is 20.6 Å². The SMILES string of the molecule is O=C(Nc1ccc(Br)cc1F)N1CCSc2ccccc21. The number of hydrogen-bond donors (Lipinski definition) is 1. The Hall–Kier alpha value is -1.53. The Kier molecular flexibility index (Phi) is 4.17. The highest BCUT2D eigenvalue weighted by atomic mass is 79.9. The smallest absolute Gasteiger partial charge is 0.305 e. The lowest BCUT2D eigenvalue weighted by atomic mass is 10.2. The van der Waals surface area contributed by atoms with E-state index in [0.29, 0.717) is 11.0 Å². The Morgan fingerprint density at radius 1 is 1.29 bits per heavy atom. The van der Waals surface area contributed by atoms with Gasteiger partial charge in [0.2, 0.25) is 0 Å². The number of rotatable bonds is 1. The molecule has 0 aliphatic carbocycles. The number of fused-ring (bicyclic) bond motifs is 1. The van der Waals surface area contributed by atoms with E-state index in [2.05, 4.69) is 21.2 Å². The molecule has 2 aromatic carbocycles. The van der Waals surface area contributed by atoms with Crippen LogP contribution in [0.25, 0.3) is 0 Å². The number of benzene rings is 2. The van der Waals surface area contributed by atoms with E-state index in [4.69, 9.17) is 0 Å². The van der Waals surface area contributed by atoms with Gasteiger partial charge in [0, 0.05) is 21.7 Å². The molecule has 0 bridgehead atoms. The molecule has 3 nitrogen and oxygen atoms in total. The van der Waals surface area contributed by atoms with Crippen molar-refractivity contribution in [2.45, 2.75) is 4.90 Å². The van der Waals surface area contributed by atoms with Crippen LogP contribution in [0.3, 0.4) is 0 Å². The molecule has 2 amide bonds. The Bertz CT molecular complexity index is 695. The fourth-order valence-electron chi connectivity index (χ4n) is 2.15. The van der Waals surface area contributed by atoms with Crippen molar-refractivity contribution in [3.63, 3.8) is 0 Å². The molecule has 1 heterocycles. The molecule has 108 valence electrons. The predicted molar refractivity (Wildman–Crippen MR) is 87.6 cm³/mol. The zero-order valence-corrected chi connectivity index (χ0v) is 13.4. The highest BCUT2D eigenvalue weighted by molar-refractivity contribution is 9.10. The number of nitrogens with one attached hydrogen (secondary N) is 1. The van der Waals surface area contributed by atoms with Crippen LogP contribution in [0.15, 0.2) is 51.8 Å². The van der Waals surface area contributed by atoms with E-state index in [1.54, 1.807) is 28.8 Å². The molecule has 1 N–H and O–H groups in total. The van der Waals surface area contributed by atoms with Gasteiger partial charge in [0.25, 0.3) is 0 Å². The third-order valence-electron chi connectivity index (χ3n) is 3.15. The van der Waals surface area contributed by atoms with Gasteiger partial charge in [0.1, 0.15) is 5.82 Å². The number of carbonyl (C=O) groups excluding carboxylic acids is 1. The molecule has 2 aromatic rings. The van der Waals surface area contributed by atoms with Gasteiger partial charge in [-0.3, -0.25) is 4.90 Å². The summed E-state index contributed by atoms with van der Waals surface area (Å²) in [4.78, 5) is 15.1. The summed E-state index contributed by atoms with van der Waals surface area (Å²) in [6, 6.07) is 12.0. The molecular formula is C15H12BrFN2OS. The Balaban J connectivity index is 1.83. The normalized spacial score (nSPS) is 13.7. The van der Waals surface area contributed by atoms with E-state index in [1.165, 1.54) is 6.07 Å². The van der Waals surface area contributed by atoms with Gasteiger partial charge in [-0.15, -0.1) is 11.8 Å². The topological polar surface area (TPSA) is 32.3 Å². The molecule has 0 saturated heterocycles. The zero-order valence-electron chi connectivity index (χ0n) is 11.0. The standard InChI is InChI=1S/C15H12BrFN2OS/c16-10-5-6-12(11(17)9-10)18-15(20)19-7-8-21-14-4-2-1-3-13(14)19/h1-6,9H,7-8H2,(H,18,20). The van der Waals surface area contributed by atoms with Crippen molar-refractivity contribution in [3.05, 3.63) is 52.8 Å². The maximum absolute atomic E-state index is 13.8. The first-order valence-electron chi connectivity index (χ1n) is 6.40. The van der Waals surface area contributed by atoms with Gasteiger partial charge < -0.3 is 5.32 Å². The molecule has 3 rings (SSSR count). The number of thioether (sulfide) groups is 1. The van der Waals surface area contributed by atoms with Crippen molar-refractivity contribution in [1.29, 1.82) is 0 Å². The van der Waals surface area contributed by atoms with Crippen LogP contribution in [0, 0.1) is 5.82 Å². The van der Waals surface area contributed by atoms with Crippen molar-refractivity contribution in [3.8, 4) is 0 Å². The van der Waals surface area contributed by atoms with Crippen LogP contribution in [0.5, 0.6) is 0 Å². The minimum absolute atomic E-state index is 0.180. The summed E-state index contributed by atoms with van der Waals surface area (Å²) in [5.74, 6) is 0.366. The van der Waals surface area contributed by atoms with Crippen LogP contribution in [-0.2, 0) is 0 Å². The highest BCUT2D eigenvalue weighted by Gasteiger charge is 2.23. The highest BCUT2D eigenvalue weighted by Crippen LogP contribution is 2.34. The number of nitrogens with zero attached hydrogens (tertiary/aromatic N) is 1. The van der Waals surface area contributed by atoms with E-state index in [1.807, 2.05) is 24.3 Å². The van der Waals surface area contributed by atoms with Gasteiger partial charge >= 0.3 is 6.03 Å². The van der Waals surface area contributed by atoms with Crippen LogP contribution < -0.4 is 10.2 Å². The molecule has 0 saturated carbocycles. The second kappa shape index (κ2) is 6.07. The molecule has 0 radical (unpaired) electrons. The zero-order chi connectivity index (χ0) is 14.8. The maximum Gasteiger partial charge on any atom is 0.326 e. The number of halogens is 2. The summed E-state index contributed by atoms with van der Waals surface area (Å²) < 4.78 is 14.4. The van der Waals surface area contributed by atoms with E-state index in [-0.39, 0.29) is 11.7 Å². The number of carbonyl (C=O) groups is 1. The summed E-state index contributed by atoms with van der Waals surface area (Å²) in [6.07, 6.45) is 0. The quantitative estimate of drug-likeness (QED) is 0.790. The molecule has 6 heteroatoms. The second-order valence-electron chi connectivity index (χ2n) is 4.52. The fourth-order valence-corrected chi connectivity index (χ4v) is 3.48. The van der Waals surface area contributed by atoms with Crippen molar-refractivity contribution in [2.24, 2.45) is 0 Å². The summed E-state index contributed by atoms with van der Waals surface area (Å²) in [5.41, 5.74) is 1.04. The van der Waals surface area contributed by atoms with E-state index < -0.39 is 5.82 Å². The summed E-state index contributed by atoms with van der Waals surface area (Å²) in [5, 5.41) is 2.63. The monoisotopic (exact) mass is 366 g/mol. The number of amides is 2. The first kappa shape index (κ1) is 14.4. The Labute approximate surface area is 134 Å². The first-order chi connectivity index (χ1) is 10.1. The van der Waals surface area contributed by atoms with Gasteiger partial charge in [0.15, 0.2) is 0 Å². The molecule has 0 aromatic heterocycles. The maximum atomic E-state index is 13.8. The molecule has 21 heavy (non-hydrogen) atoms. The molecular weight excluding hydrogens is 355 g/mol. The van der Waals surface area contributed by atoms with Gasteiger partial charge in [-0.1, -0.05) is 28.1 Å². The van der Waals surface area contributed by atoms with Gasteiger partial charge in [-0.25, -0.2) is 9.18 Å². The number of urea groups is 1. The van der Waals surface area contributed by atoms with E-state index >= 15 is 0 Å². The average Bonchev–Trinajstić information content (AvgIpc) is 2.49. The Morgan fingerprint density at radius 3 is 2.90 bits per heavy atom. The number of anilines is 2. The number of para-hydroxylation sites is 1. The van der Waals surface area contributed by atoms with Crippen molar-refractivity contribution in [1.82, 2.24) is 0 Å². The van der Waals surface area contributed by atoms with Crippen LogP contribution in [-0.4, -0.2) is 18.3 Å². The van der Waals surface area contributed by atoms with Crippen LogP contribution in [0.2, 0.25) is 0 Å². The summed E-state index contributed by atoms with van der Waals surface area (Å²) in [7, 11) is 0. The van der Waals surface area contributed by atoms with Crippen LogP contribution in [0.1, 0.15) is 0 Å². The lowest BCUT2D eigenvalue weighted by molar-refractivity contribution is 0.257. The van der Waals surface area contributed by atoms with Crippen molar-refractivity contribution in [2.75, 3.05) is 22.5 Å². The number of hydrogen-bond acceptors (Lipinski definition) is 2. The van der Waals surface area contributed by atoms with Crippen molar-refractivity contribution < 1.29 is 9.18 Å². The summed E-state index contributed by atoms with van der Waals surface area (Å²) >= 11 is 4.91. The predicted octanol–water partition coefficient (Wildman–Crippen LogP) is 4.73. The lowest BCUT2D eigenvalue weighted by Crippen LogP contribution is -2.38. The lowest BCUT2D eigenvalue weighted by Gasteiger charge is -2.29. The van der Waals surface area contributed by atoms with Gasteiger partial charge in [-0.2, -0.15) is 0 Å². The molecule has 0 atom stereocenters. The minimum atomic E-state index is -0.461. The van der Waals surface area contributed by atoms with E-state index in [9.17, 15) is 9.18 Å². The van der Waals surface area contributed by atoms with Crippen LogP contribution >= 0.6 is 27.7 Å². The first-order valence-corrected chi connectivity index (χ1v) is 8.18. The van der Waals surface area contributed by atoms with Gasteiger partial charge in [0.05, 0.1) is 11.4 Å². The molecule has 1 aliphatic rings. The molecule has 0 fully saturated rings. The molecule has 1 aliphatic heterocycles. The fraction of sp³-hybridized carbons (Fsp3) is 0.133. The third-order valence-corrected chi connectivity index (χ3v) is 4.68. The van der Waals surface area contributed by atoms with E-state index in [0.717, 1.165) is 16.3 Å². The third kappa shape index (κ3) is 3.06. The molecule has 0 unspecified atom stereocenters. The summed E-state index contributed by atoms with van der Waals surface area (Å²) in [6.45, 7) is 0.603. The minimum Gasteiger partial charge on any atom is -0.305 e. The average molecular weight is 367 g/mol. The largest absolute Gasteiger partial charge is 0.326 e. The Morgan fingerprint density at radius 2 is 2.10 bits per heavy atom.